The minimum atomic E-state index is -2.24. The van der Waals surface area contributed by atoms with Gasteiger partial charge < -0.3 is 23.1 Å². The molecule has 2 heterocycles. The Labute approximate surface area is 143 Å². The monoisotopic (exact) mass is 362 g/mol. The number of hydrogen-bond donors (Lipinski definition) is 0. The molecule has 4 atom stereocenters. The Morgan fingerprint density at radius 1 is 0.783 bits per heavy atom. The Morgan fingerprint density at radius 2 is 1.09 bits per heavy atom. The fraction of sp³-hybridized carbons (Fsp3) is 1.00. The van der Waals surface area contributed by atoms with E-state index in [-0.39, 0.29) is 12.2 Å². The molecule has 0 N–H and O–H groups in total. The van der Waals surface area contributed by atoms with E-state index in [9.17, 15) is 0 Å². The van der Waals surface area contributed by atoms with E-state index in [1.807, 2.05) is 0 Å². The van der Waals surface area contributed by atoms with Crippen LogP contribution in [0.15, 0.2) is 0 Å². The van der Waals surface area contributed by atoms with Gasteiger partial charge in [-0.1, -0.05) is 13.8 Å². The molecule has 2 saturated heterocycles. The van der Waals surface area contributed by atoms with Crippen LogP contribution >= 0.6 is 0 Å². The largest absolute Gasteiger partial charge is 0.448 e. The minimum absolute atomic E-state index is 0.102. The summed E-state index contributed by atoms with van der Waals surface area (Å²) in [7, 11) is -4.47. The van der Waals surface area contributed by atoms with Crippen LogP contribution in [-0.2, 0) is 23.1 Å². The number of ether oxygens (including phenoxy) is 4. The summed E-state index contributed by atoms with van der Waals surface area (Å²) in [5.41, 5.74) is -1.03. The molecule has 2 rings (SSSR count). The van der Waals surface area contributed by atoms with Crippen molar-refractivity contribution in [2.45, 2.75) is 89.8 Å². The maximum absolute atomic E-state index is 6.79. The summed E-state index contributed by atoms with van der Waals surface area (Å²) in [4.78, 5) is 0. The van der Waals surface area contributed by atoms with Crippen LogP contribution < -0.4 is 0 Å². The third kappa shape index (κ3) is 3.34. The molecule has 2 aliphatic heterocycles. The minimum Gasteiger partial charge on any atom is -0.448 e. The fourth-order valence-corrected chi connectivity index (χ4v) is 13.7. The Morgan fingerprint density at radius 3 is 1.30 bits per heavy atom. The van der Waals surface area contributed by atoms with Gasteiger partial charge in [0.05, 0.1) is 0 Å². The SMILES string of the molecule is CCCOC1([Si](C)(C)O[Si](C)(C)C2(OCCC)OC2C)OC1C. The van der Waals surface area contributed by atoms with Gasteiger partial charge in [-0.05, 0) is 52.9 Å². The molecule has 0 saturated carbocycles. The van der Waals surface area contributed by atoms with Crippen molar-refractivity contribution in [3.05, 3.63) is 0 Å². The highest BCUT2D eigenvalue weighted by Gasteiger charge is 2.73. The van der Waals surface area contributed by atoms with Gasteiger partial charge >= 0.3 is 0 Å². The zero-order chi connectivity index (χ0) is 17.5. The summed E-state index contributed by atoms with van der Waals surface area (Å²) in [6, 6.07) is 0. The molecular weight excluding hydrogens is 328 g/mol. The molecule has 0 aromatic heterocycles. The summed E-state index contributed by atoms with van der Waals surface area (Å²) < 4.78 is 30.8. The molecule has 23 heavy (non-hydrogen) atoms. The van der Waals surface area contributed by atoms with E-state index in [0.29, 0.717) is 13.2 Å². The molecule has 136 valence electrons. The first-order chi connectivity index (χ1) is 10.6. The highest BCUT2D eigenvalue weighted by atomic mass is 28.4. The fourth-order valence-electron chi connectivity index (χ4n) is 3.66. The lowest BCUT2D eigenvalue weighted by Crippen LogP contribution is -2.62. The van der Waals surface area contributed by atoms with Gasteiger partial charge in [-0.2, -0.15) is 0 Å². The van der Waals surface area contributed by atoms with Crippen LogP contribution in [0, 0.1) is 0 Å². The lowest BCUT2D eigenvalue weighted by molar-refractivity contribution is -0.0109. The van der Waals surface area contributed by atoms with Gasteiger partial charge in [-0.25, -0.2) is 0 Å². The molecule has 2 fully saturated rings. The molecule has 0 amide bonds. The zero-order valence-electron chi connectivity index (χ0n) is 16.0. The number of epoxide rings is 2. The third-order valence-electron chi connectivity index (χ3n) is 4.89. The lowest BCUT2D eigenvalue weighted by Gasteiger charge is -2.40. The van der Waals surface area contributed by atoms with Crippen molar-refractivity contribution in [1.29, 1.82) is 0 Å². The average molecular weight is 363 g/mol. The van der Waals surface area contributed by atoms with E-state index in [1.165, 1.54) is 0 Å². The normalized spacial score (nSPS) is 37.0. The van der Waals surface area contributed by atoms with Crippen molar-refractivity contribution in [3.8, 4) is 0 Å². The van der Waals surface area contributed by atoms with Crippen molar-refractivity contribution >= 4 is 16.6 Å². The first-order valence-electron chi connectivity index (χ1n) is 8.92. The van der Waals surface area contributed by atoms with Crippen LogP contribution in [0.2, 0.25) is 26.2 Å². The highest BCUT2D eigenvalue weighted by molar-refractivity contribution is 6.88. The average Bonchev–Trinajstić information content (AvgIpc) is 3.30. The third-order valence-corrected chi connectivity index (χ3v) is 13.7. The Kier molecular flexibility index (Phi) is 5.54. The van der Waals surface area contributed by atoms with Gasteiger partial charge in [-0.15, -0.1) is 0 Å². The van der Waals surface area contributed by atoms with Gasteiger partial charge in [-0.3, -0.25) is 0 Å². The summed E-state index contributed by atoms with van der Waals surface area (Å²) >= 11 is 0. The van der Waals surface area contributed by atoms with Crippen LogP contribution in [0.1, 0.15) is 40.5 Å². The van der Waals surface area contributed by atoms with Gasteiger partial charge in [0.2, 0.25) is 27.5 Å². The summed E-state index contributed by atoms with van der Waals surface area (Å²) in [6.45, 7) is 18.6. The lowest BCUT2D eigenvalue weighted by atomic mass is 10.5. The van der Waals surface area contributed by atoms with Crippen molar-refractivity contribution in [2.24, 2.45) is 0 Å². The molecule has 2 aliphatic rings. The van der Waals surface area contributed by atoms with Gasteiger partial charge in [0.15, 0.2) is 0 Å². The zero-order valence-corrected chi connectivity index (χ0v) is 18.0. The van der Waals surface area contributed by atoms with E-state index in [0.717, 1.165) is 12.8 Å². The predicted molar refractivity (Wildman–Crippen MR) is 95.1 cm³/mol. The molecular formula is C16H34O5Si2. The van der Waals surface area contributed by atoms with Crippen molar-refractivity contribution in [1.82, 2.24) is 0 Å². The first-order valence-corrected chi connectivity index (χ1v) is 14.7. The van der Waals surface area contributed by atoms with E-state index in [1.54, 1.807) is 0 Å². The smallest absolute Gasteiger partial charge is 0.244 e. The molecule has 7 heteroatoms. The molecule has 0 aromatic rings. The Hall–Kier alpha value is 0.234. The van der Waals surface area contributed by atoms with Gasteiger partial charge in [0.25, 0.3) is 0 Å². The van der Waals surface area contributed by atoms with E-state index in [2.05, 4.69) is 53.9 Å². The maximum Gasteiger partial charge on any atom is 0.244 e. The van der Waals surface area contributed by atoms with Crippen LogP contribution in [0.5, 0.6) is 0 Å². The molecule has 5 nitrogen and oxygen atoms in total. The topological polar surface area (TPSA) is 52.8 Å². The number of hydrogen-bond acceptors (Lipinski definition) is 5. The van der Waals surface area contributed by atoms with Crippen molar-refractivity contribution in [3.63, 3.8) is 0 Å². The van der Waals surface area contributed by atoms with Crippen LogP contribution in [0.3, 0.4) is 0 Å². The molecule has 4 unspecified atom stereocenters. The predicted octanol–water partition coefficient (Wildman–Crippen LogP) is 3.57. The molecule has 0 aromatic carbocycles. The second-order valence-electron chi connectivity index (χ2n) is 7.67. The molecule has 0 radical (unpaired) electrons. The summed E-state index contributed by atoms with van der Waals surface area (Å²) in [6.07, 6.45) is 2.16. The van der Waals surface area contributed by atoms with Crippen LogP contribution in [-0.4, -0.2) is 52.9 Å². The van der Waals surface area contributed by atoms with Gasteiger partial charge in [0, 0.05) is 13.2 Å². The van der Waals surface area contributed by atoms with E-state index < -0.39 is 27.5 Å². The van der Waals surface area contributed by atoms with Gasteiger partial charge in [0.1, 0.15) is 12.2 Å². The molecule has 0 aliphatic carbocycles. The van der Waals surface area contributed by atoms with E-state index in [4.69, 9.17) is 23.1 Å². The molecule has 0 bridgehead atoms. The van der Waals surface area contributed by atoms with Crippen LogP contribution in [0.25, 0.3) is 0 Å². The highest BCUT2D eigenvalue weighted by Crippen LogP contribution is 2.51. The summed E-state index contributed by atoms with van der Waals surface area (Å²) in [5.74, 6) is 0. The second-order valence-corrected chi connectivity index (χ2v) is 15.9. The Bertz CT molecular complexity index is 393. The molecule has 0 spiro atoms. The van der Waals surface area contributed by atoms with Crippen LogP contribution in [0.4, 0.5) is 0 Å². The second kappa shape index (κ2) is 6.51. The van der Waals surface area contributed by atoms with E-state index >= 15 is 0 Å². The number of rotatable bonds is 10. The van der Waals surface area contributed by atoms with Crippen molar-refractivity contribution in [2.75, 3.05) is 13.2 Å². The van der Waals surface area contributed by atoms with Crippen molar-refractivity contribution < 1.29 is 23.1 Å². The first kappa shape index (κ1) is 19.6. The Balaban J connectivity index is 2.12. The maximum atomic E-state index is 6.79. The quantitative estimate of drug-likeness (QED) is 0.439. The summed E-state index contributed by atoms with van der Waals surface area (Å²) in [5, 5.41) is 0. The standard InChI is InChI=1S/C16H34O5Si2/c1-9-11-17-15(13(3)19-15)22(5,6)21-23(7,8)16(14(4)20-16)18-12-10-2/h13-14H,9-12H2,1-8H3.